The highest BCUT2D eigenvalue weighted by Gasteiger charge is 2.18. The maximum atomic E-state index is 12.1. The molecule has 0 aliphatic carbocycles. The maximum Gasteiger partial charge on any atom is 0.275 e. The second-order valence-corrected chi connectivity index (χ2v) is 4.51. The van der Waals surface area contributed by atoms with E-state index in [1.54, 1.807) is 14.0 Å². The van der Waals surface area contributed by atoms with Crippen molar-refractivity contribution in [2.24, 2.45) is 7.05 Å². The van der Waals surface area contributed by atoms with Crippen LogP contribution in [0.3, 0.4) is 0 Å². The van der Waals surface area contributed by atoms with Gasteiger partial charge in [0.2, 0.25) is 0 Å². The number of rotatable bonds is 3. The van der Waals surface area contributed by atoms with Gasteiger partial charge in [-0.25, -0.2) is 0 Å². The summed E-state index contributed by atoms with van der Waals surface area (Å²) >= 11 is 6.01. The smallest absolute Gasteiger partial charge is 0.275 e. The summed E-state index contributed by atoms with van der Waals surface area (Å²) in [5.74, 6) is -0.424. The number of carbonyl (C=O) groups excluding carboxylic acids is 1. The maximum absolute atomic E-state index is 12.1. The van der Waals surface area contributed by atoms with Gasteiger partial charge in [0.25, 0.3) is 11.6 Å². The van der Waals surface area contributed by atoms with Crippen LogP contribution in [0.1, 0.15) is 16.2 Å². The second-order valence-electron chi connectivity index (χ2n) is 4.13. The number of nitrogens with one attached hydrogen (secondary N) is 1. The Labute approximate surface area is 119 Å². The highest BCUT2D eigenvalue weighted by atomic mass is 35.5. The summed E-state index contributed by atoms with van der Waals surface area (Å²) in [6, 6.07) is 5.53. The fourth-order valence-electron chi connectivity index (χ4n) is 1.74. The van der Waals surface area contributed by atoms with Crippen LogP contribution in [0.25, 0.3) is 0 Å². The van der Waals surface area contributed by atoms with Crippen LogP contribution in [0, 0.1) is 17.0 Å². The van der Waals surface area contributed by atoms with Crippen molar-refractivity contribution in [2.75, 3.05) is 5.32 Å². The molecule has 0 radical (unpaired) electrons. The Bertz CT molecular complexity index is 679. The third kappa shape index (κ3) is 2.62. The second kappa shape index (κ2) is 5.30. The number of aromatic nitrogens is 2. The normalized spacial score (nSPS) is 10.3. The zero-order valence-electron chi connectivity index (χ0n) is 10.8. The predicted octanol–water partition coefficient (Wildman–Crippen LogP) is 2.54. The molecule has 104 valence electrons. The minimum Gasteiger partial charge on any atom is -0.321 e. The molecule has 0 saturated carbocycles. The zero-order valence-corrected chi connectivity index (χ0v) is 11.5. The fourth-order valence-corrected chi connectivity index (χ4v) is 1.98. The average molecular weight is 295 g/mol. The molecule has 20 heavy (non-hydrogen) atoms. The van der Waals surface area contributed by atoms with Crippen LogP contribution in [0.4, 0.5) is 11.4 Å². The molecule has 1 aromatic heterocycles. The van der Waals surface area contributed by atoms with Crippen LogP contribution >= 0.6 is 11.6 Å². The van der Waals surface area contributed by atoms with Gasteiger partial charge in [-0.2, -0.15) is 5.10 Å². The number of benzene rings is 1. The van der Waals surface area contributed by atoms with E-state index < -0.39 is 10.8 Å². The Morgan fingerprint density at radius 1 is 1.40 bits per heavy atom. The molecular formula is C12H11ClN4O3. The lowest BCUT2D eigenvalue weighted by atomic mass is 10.2. The lowest BCUT2D eigenvalue weighted by Crippen LogP contribution is -2.16. The van der Waals surface area contributed by atoms with Crippen molar-refractivity contribution in [1.29, 1.82) is 0 Å². The van der Waals surface area contributed by atoms with Crippen LogP contribution in [0.15, 0.2) is 24.3 Å². The Balaban J connectivity index is 2.21. The van der Waals surface area contributed by atoms with E-state index in [0.717, 1.165) is 0 Å². The van der Waals surface area contributed by atoms with E-state index in [4.69, 9.17) is 11.6 Å². The lowest BCUT2D eigenvalue weighted by Gasteiger charge is -2.05. The number of anilines is 1. The highest BCUT2D eigenvalue weighted by molar-refractivity contribution is 6.34. The van der Waals surface area contributed by atoms with Gasteiger partial charge in [-0.05, 0) is 19.1 Å². The number of non-ortho nitro benzene ring substituents is 1. The molecule has 0 atom stereocenters. The number of nitro benzene ring substituents is 1. The van der Waals surface area contributed by atoms with Gasteiger partial charge in [-0.1, -0.05) is 11.6 Å². The first-order chi connectivity index (χ1) is 9.40. The van der Waals surface area contributed by atoms with Gasteiger partial charge in [0.05, 0.1) is 15.6 Å². The molecule has 8 heteroatoms. The van der Waals surface area contributed by atoms with E-state index in [-0.39, 0.29) is 16.4 Å². The largest absolute Gasteiger partial charge is 0.321 e. The van der Waals surface area contributed by atoms with Gasteiger partial charge in [0.15, 0.2) is 0 Å². The van der Waals surface area contributed by atoms with E-state index >= 15 is 0 Å². The van der Waals surface area contributed by atoms with Crippen LogP contribution in [-0.4, -0.2) is 20.6 Å². The van der Waals surface area contributed by atoms with Crippen molar-refractivity contribution in [3.8, 4) is 0 Å². The molecule has 2 aromatic rings. The van der Waals surface area contributed by atoms with Gasteiger partial charge >= 0.3 is 0 Å². The van der Waals surface area contributed by atoms with Crippen molar-refractivity contribution in [1.82, 2.24) is 9.78 Å². The fraction of sp³-hybridized carbons (Fsp3) is 0.167. The molecule has 1 amide bonds. The first-order valence-corrected chi connectivity index (χ1v) is 6.03. The highest BCUT2D eigenvalue weighted by Crippen LogP contribution is 2.21. The number of carbonyl (C=O) groups is 1. The SMILES string of the molecule is Cc1nn(C)c(C(=O)Nc2ccc([N+](=O)[O-])cc2)c1Cl. The molecule has 1 heterocycles. The van der Waals surface area contributed by atoms with Crippen molar-refractivity contribution in [3.05, 3.63) is 50.8 Å². The van der Waals surface area contributed by atoms with E-state index in [1.165, 1.54) is 28.9 Å². The number of amides is 1. The van der Waals surface area contributed by atoms with Crippen LogP contribution in [0.2, 0.25) is 5.02 Å². The quantitative estimate of drug-likeness (QED) is 0.695. The van der Waals surface area contributed by atoms with Crippen LogP contribution in [-0.2, 0) is 7.05 Å². The number of nitro groups is 1. The van der Waals surface area contributed by atoms with E-state index in [9.17, 15) is 14.9 Å². The first kappa shape index (κ1) is 14.0. The summed E-state index contributed by atoms with van der Waals surface area (Å²) in [5, 5.41) is 17.5. The molecule has 0 saturated heterocycles. The molecule has 0 spiro atoms. The molecular weight excluding hydrogens is 284 g/mol. The Hall–Kier alpha value is -2.41. The lowest BCUT2D eigenvalue weighted by molar-refractivity contribution is -0.384. The third-order valence-corrected chi connectivity index (χ3v) is 3.15. The minimum atomic E-state index is -0.507. The monoisotopic (exact) mass is 294 g/mol. The predicted molar refractivity (Wildman–Crippen MR) is 74.0 cm³/mol. The van der Waals surface area contributed by atoms with Crippen LogP contribution in [0.5, 0.6) is 0 Å². The number of hydrogen-bond acceptors (Lipinski definition) is 4. The standard InChI is InChI=1S/C12H11ClN4O3/c1-7-10(13)11(16(2)15-7)12(18)14-8-3-5-9(6-4-8)17(19)20/h3-6H,1-2H3,(H,14,18). The van der Waals surface area contributed by atoms with Crippen LogP contribution < -0.4 is 5.32 Å². The number of aryl methyl sites for hydroxylation is 2. The summed E-state index contributed by atoms with van der Waals surface area (Å²) in [4.78, 5) is 22.1. The number of nitrogens with zero attached hydrogens (tertiary/aromatic N) is 3. The molecule has 0 aliphatic rings. The van der Waals surface area contributed by atoms with Gasteiger partial charge < -0.3 is 5.32 Å². The average Bonchev–Trinajstić information content (AvgIpc) is 2.63. The third-order valence-electron chi connectivity index (χ3n) is 2.70. The Morgan fingerprint density at radius 3 is 2.45 bits per heavy atom. The Morgan fingerprint density at radius 2 is 2.00 bits per heavy atom. The minimum absolute atomic E-state index is 0.0441. The van der Waals surface area contributed by atoms with E-state index in [2.05, 4.69) is 10.4 Å². The summed E-state index contributed by atoms with van der Waals surface area (Å²) in [5.41, 5.74) is 1.19. The van der Waals surface area contributed by atoms with Gasteiger partial charge in [-0.15, -0.1) is 0 Å². The van der Waals surface area contributed by atoms with Crippen molar-refractivity contribution in [3.63, 3.8) is 0 Å². The molecule has 0 unspecified atom stereocenters. The summed E-state index contributed by atoms with van der Waals surface area (Å²) in [6.07, 6.45) is 0. The Kier molecular flexibility index (Phi) is 3.71. The molecule has 0 aliphatic heterocycles. The van der Waals surface area contributed by atoms with E-state index in [1.807, 2.05) is 0 Å². The van der Waals surface area contributed by atoms with Gasteiger partial charge in [0, 0.05) is 24.9 Å². The molecule has 2 rings (SSSR count). The molecule has 1 N–H and O–H groups in total. The van der Waals surface area contributed by atoms with Gasteiger partial charge in [-0.3, -0.25) is 19.6 Å². The topological polar surface area (TPSA) is 90.1 Å². The zero-order chi connectivity index (χ0) is 14.9. The van der Waals surface area contributed by atoms with E-state index in [0.29, 0.717) is 11.4 Å². The summed E-state index contributed by atoms with van der Waals surface area (Å²) in [6.45, 7) is 1.70. The first-order valence-electron chi connectivity index (χ1n) is 5.65. The summed E-state index contributed by atoms with van der Waals surface area (Å²) < 4.78 is 1.39. The van der Waals surface area contributed by atoms with Crippen molar-refractivity contribution < 1.29 is 9.72 Å². The van der Waals surface area contributed by atoms with Crippen molar-refractivity contribution in [2.45, 2.75) is 6.92 Å². The molecule has 0 fully saturated rings. The van der Waals surface area contributed by atoms with Crippen molar-refractivity contribution >= 4 is 28.9 Å². The van der Waals surface area contributed by atoms with Gasteiger partial charge in [0.1, 0.15) is 5.69 Å². The number of halogens is 1. The molecule has 1 aromatic carbocycles. The molecule has 0 bridgehead atoms. The summed E-state index contributed by atoms with van der Waals surface area (Å²) in [7, 11) is 1.61. The molecule has 7 nitrogen and oxygen atoms in total. The number of hydrogen-bond donors (Lipinski definition) is 1.